The molecule has 1 aliphatic heterocycles. The second kappa shape index (κ2) is 9.57. The minimum atomic E-state index is -1.33. The number of hydrogen-bond acceptors (Lipinski definition) is 11. The van der Waals surface area contributed by atoms with Crippen LogP contribution >= 0.6 is 46.3 Å². The highest BCUT2D eigenvalue weighted by Gasteiger charge is 2.46. The summed E-state index contributed by atoms with van der Waals surface area (Å²) in [5.41, 5.74) is 4.70. The van der Waals surface area contributed by atoms with Crippen molar-refractivity contribution in [2.45, 2.75) is 34.7 Å². The maximum absolute atomic E-state index is 11.7. The Morgan fingerprint density at radius 2 is 2.12 bits per heavy atom. The Bertz CT molecular complexity index is 1130. The van der Waals surface area contributed by atoms with E-state index in [-0.39, 0.29) is 15.6 Å². The number of nitrogens with two attached hydrogens (primary N) is 1. The van der Waals surface area contributed by atoms with Crippen LogP contribution in [0, 0.1) is 0 Å². The highest BCUT2D eigenvalue weighted by Crippen LogP contribution is 2.39. The number of aromatic nitrogens is 5. The second-order valence-electron chi connectivity index (χ2n) is 6.74. The fourth-order valence-corrected chi connectivity index (χ4v) is 5.52. The third-order valence-electron chi connectivity index (χ3n) is 4.66. The van der Waals surface area contributed by atoms with Crippen LogP contribution in [0.2, 0.25) is 10.2 Å². The average molecular weight is 519 g/mol. The molecule has 32 heavy (non-hydrogen) atoms. The Morgan fingerprint density at radius 3 is 2.78 bits per heavy atom. The molecule has 1 saturated heterocycles. The van der Waals surface area contributed by atoms with E-state index in [9.17, 15) is 20.1 Å². The zero-order valence-electron chi connectivity index (χ0n) is 15.9. The minimum Gasteiger partial charge on any atom is -0.394 e. The molecule has 1 fully saturated rings. The molecule has 1 aliphatic rings. The van der Waals surface area contributed by atoms with Crippen molar-refractivity contribution in [3.63, 3.8) is 0 Å². The molecule has 15 heteroatoms. The van der Waals surface area contributed by atoms with Gasteiger partial charge in [-0.05, 0) is 6.07 Å². The number of aliphatic hydroxyl groups excluding tert-OH is 3. The van der Waals surface area contributed by atoms with Crippen LogP contribution in [0.3, 0.4) is 0 Å². The van der Waals surface area contributed by atoms with Gasteiger partial charge in [-0.25, -0.2) is 14.6 Å². The van der Waals surface area contributed by atoms with E-state index >= 15 is 0 Å². The summed E-state index contributed by atoms with van der Waals surface area (Å²) >= 11 is 14.1. The predicted molar refractivity (Wildman–Crippen MR) is 117 cm³/mol. The number of hydrogen-bond donors (Lipinski definition) is 4. The lowest BCUT2D eigenvalue weighted by atomic mass is 9.97. The third-order valence-corrected chi connectivity index (χ3v) is 7.24. The Morgan fingerprint density at radius 1 is 1.34 bits per heavy atom. The average Bonchev–Trinajstić information content (AvgIpc) is 3.39. The van der Waals surface area contributed by atoms with Crippen LogP contribution in [0.4, 0.5) is 0 Å². The normalized spacial score (nSPS) is 25.7. The molecule has 5 N–H and O–H groups in total. The van der Waals surface area contributed by atoms with E-state index in [1.807, 2.05) is 0 Å². The van der Waals surface area contributed by atoms with Gasteiger partial charge in [0.1, 0.15) is 51.3 Å². The molecule has 0 aliphatic carbocycles. The number of ether oxygens (including phenoxy) is 1. The summed E-state index contributed by atoms with van der Waals surface area (Å²) in [4.78, 5) is 20.1. The van der Waals surface area contributed by atoms with Gasteiger partial charge in [0, 0.05) is 16.5 Å². The Kier molecular flexibility index (Phi) is 6.97. The van der Waals surface area contributed by atoms with E-state index < -0.39 is 42.3 Å². The molecule has 0 radical (unpaired) electrons. The summed E-state index contributed by atoms with van der Waals surface area (Å²) < 4.78 is 6.97. The summed E-state index contributed by atoms with van der Waals surface area (Å²) in [6.07, 6.45) is -0.911. The fraction of sp³-hybridized carbons (Fsp3) is 0.353. The van der Waals surface area contributed by atoms with Gasteiger partial charge in [-0.15, -0.1) is 16.4 Å². The lowest BCUT2D eigenvalue weighted by molar-refractivity contribution is -0.178. The van der Waals surface area contributed by atoms with Gasteiger partial charge in [-0.2, -0.15) is 0 Å². The monoisotopic (exact) mass is 518 g/mol. The van der Waals surface area contributed by atoms with Gasteiger partial charge >= 0.3 is 0 Å². The van der Waals surface area contributed by atoms with Crippen molar-refractivity contribution in [1.29, 1.82) is 0 Å². The molecule has 0 aromatic carbocycles. The number of primary amides is 1. The van der Waals surface area contributed by atoms with Crippen LogP contribution < -0.4 is 5.73 Å². The number of carbonyl (C=O) groups excluding carboxylic acids is 1. The highest BCUT2D eigenvalue weighted by atomic mass is 35.5. The van der Waals surface area contributed by atoms with Gasteiger partial charge in [0.05, 0.1) is 17.8 Å². The van der Waals surface area contributed by atoms with Gasteiger partial charge < -0.3 is 25.8 Å². The largest absolute Gasteiger partial charge is 0.394 e. The number of amides is 1. The fourth-order valence-electron chi connectivity index (χ4n) is 3.19. The molecule has 5 unspecified atom stereocenters. The smallest absolute Gasteiger partial charge is 0.268 e. The van der Waals surface area contributed by atoms with Gasteiger partial charge in [0.15, 0.2) is 0 Å². The van der Waals surface area contributed by atoms with Crippen molar-refractivity contribution >= 4 is 52.2 Å². The van der Waals surface area contributed by atoms with Gasteiger partial charge in [0.2, 0.25) is 0 Å². The van der Waals surface area contributed by atoms with Crippen molar-refractivity contribution < 1.29 is 24.9 Å². The molecule has 3 aromatic heterocycles. The topological polar surface area (TPSA) is 170 Å². The molecule has 170 valence electrons. The summed E-state index contributed by atoms with van der Waals surface area (Å²) in [6.45, 7) is -0.526. The van der Waals surface area contributed by atoms with Crippen LogP contribution in [0.5, 0.6) is 0 Å². The third kappa shape index (κ3) is 4.61. The number of carbonyl (C=O) groups is 1. The summed E-state index contributed by atoms with van der Waals surface area (Å²) in [5.74, 6) is -0.784. The minimum absolute atomic E-state index is 0.0536. The van der Waals surface area contributed by atoms with E-state index in [0.717, 1.165) is 11.8 Å². The van der Waals surface area contributed by atoms with Crippen LogP contribution in [-0.4, -0.2) is 76.5 Å². The summed E-state index contributed by atoms with van der Waals surface area (Å²) in [6, 6.07) is 0.433. The lowest BCUT2D eigenvalue weighted by Gasteiger charge is -2.41. The molecule has 11 nitrogen and oxygen atoms in total. The Labute approximate surface area is 199 Å². The first-order chi connectivity index (χ1) is 15.3. The van der Waals surface area contributed by atoms with Crippen LogP contribution in [-0.2, 0) is 4.74 Å². The standard InChI is InChI=1S/C17H16Cl2N6O5S2/c18-6-1-9(11(15(20)29)21-2-6)32-17-14(28)12(13(27)8(4-26)30-17)25-3-7(23-24-25)16-22-10(19)5-31-16/h1-3,5,8,12-14,17,26-28H,4H2,(H2,20,29). The first-order valence-electron chi connectivity index (χ1n) is 9.06. The number of thiazole rings is 1. The van der Waals surface area contributed by atoms with Crippen molar-refractivity contribution in [2.75, 3.05) is 6.61 Å². The maximum Gasteiger partial charge on any atom is 0.268 e. The van der Waals surface area contributed by atoms with Gasteiger partial charge in [-0.1, -0.05) is 40.2 Å². The van der Waals surface area contributed by atoms with E-state index in [2.05, 4.69) is 20.3 Å². The number of aliphatic hydroxyl groups is 3. The van der Waals surface area contributed by atoms with Crippen molar-refractivity contribution in [3.05, 3.63) is 39.7 Å². The zero-order valence-corrected chi connectivity index (χ0v) is 19.1. The summed E-state index contributed by atoms with van der Waals surface area (Å²) in [5, 5.41) is 42.2. The Hall–Kier alpha value is -1.84. The van der Waals surface area contributed by atoms with Crippen LogP contribution in [0.25, 0.3) is 10.7 Å². The van der Waals surface area contributed by atoms with Gasteiger partial charge in [0.25, 0.3) is 5.91 Å². The molecule has 0 bridgehead atoms. The zero-order chi connectivity index (χ0) is 23.0. The Balaban J connectivity index is 1.65. The molecule has 0 spiro atoms. The number of thioether (sulfide) groups is 1. The van der Waals surface area contributed by atoms with E-state index in [1.54, 1.807) is 5.38 Å². The quantitative estimate of drug-likeness (QED) is 0.368. The highest BCUT2D eigenvalue weighted by molar-refractivity contribution is 8.00. The van der Waals surface area contributed by atoms with Crippen molar-refractivity contribution in [1.82, 2.24) is 25.0 Å². The van der Waals surface area contributed by atoms with Crippen molar-refractivity contribution in [3.8, 4) is 10.7 Å². The van der Waals surface area contributed by atoms with Crippen LogP contribution in [0.1, 0.15) is 16.5 Å². The molecule has 4 heterocycles. The molecule has 5 atom stereocenters. The number of nitrogens with zero attached hydrogens (tertiary/aromatic N) is 5. The van der Waals surface area contributed by atoms with E-state index in [0.29, 0.717) is 15.9 Å². The molecular weight excluding hydrogens is 503 g/mol. The second-order valence-corrected chi connectivity index (χ2v) is 9.56. The van der Waals surface area contributed by atoms with Gasteiger partial charge in [-0.3, -0.25) is 4.79 Å². The molecule has 0 saturated carbocycles. The molecule has 4 rings (SSSR count). The number of rotatable bonds is 6. The lowest BCUT2D eigenvalue weighted by Crippen LogP contribution is -2.55. The molecule has 3 aromatic rings. The molecule has 1 amide bonds. The number of pyridine rings is 1. The van der Waals surface area contributed by atoms with E-state index in [4.69, 9.17) is 33.7 Å². The predicted octanol–water partition coefficient (Wildman–Crippen LogP) is 0.975. The van der Waals surface area contributed by atoms with E-state index in [1.165, 1.54) is 34.5 Å². The SMILES string of the molecule is NC(=O)c1ncc(Cl)cc1SC1OC(CO)C(O)C(n2cc(-c3nc(Cl)cs3)nn2)C1O. The first-order valence-corrected chi connectivity index (χ1v) is 11.6. The first kappa shape index (κ1) is 23.3. The summed E-state index contributed by atoms with van der Waals surface area (Å²) in [7, 11) is 0. The molecular formula is C17H16Cl2N6O5S2. The maximum atomic E-state index is 11.7. The van der Waals surface area contributed by atoms with Crippen LogP contribution in [0.15, 0.2) is 28.7 Å². The number of halogens is 2. The van der Waals surface area contributed by atoms with Crippen molar-refractivity contribution in [2.24, 2.45) is 5.73 Å².